The molecule has 5 heteroatoms. The minimum Gasteiger partial charge on any atom is -0.352 e. The van der Waals surface area contributed by atoms with E-state index in [2.05, 4.69) is 10.3 Å². The second-order valence-electron chi connectivity index (χ2n) is 5.79. The second kappa shape index (κ2) is 7.51. The minimum absolute atomic E-state index is 0.138. The summed E-state index contributed by atoms with van der Waals surface area (Å²) in [4.78, 5) is 29.0. The van der Waals surface area contributed by atoms with Crippen LogP contribution in [-0.4, -0.2) is 22.7 Å². The Labute approximate surface area is 141 Å². The van der Waals surface area contributed by atoms with Gasteiger partial charge in [-0.2, -0.15) is 5.26 Å². The first-order valence-electron chi connectivity index (χ1n) is 7.71. The van der Waals surface area contributed by atoms with E-state index in [0.29, 0.717) is 11.3 Å². The summed E-state index contributed by atoms with van der Waals surface area (Å²) in [5, 5.41) is 11.8. The lowest BCUT2D eigenvalue weighted by Gasteiger charge is -2.13. The second-order valence-corrected chi connectivity index (χ2v) is 5.79. The van der Waals surface area contributed by atoms with Crippen molar-refractivity contribution in [1.29, 1.82) is 5.26 Å². The fraction of sp³-hybridized carbons (Fsp3) is 0.263. The Morgan fingerprint density at radius 1 is 1.12 bits per heavy atom. The van der Waals surface area contributed by atoms with E-state index in [1.807, 2.05) is 30.3 Å². The number of hydrogen-bond donors (Lipinski definition) is 1. The molecule has 2 aromatic rings. The molecule has 1 atom stereocenters. The summed E-state index contributed by atoms with van der Waals surface area (Å²) in [7, 11) is 0. The van der Waals surface area contributed by atoms with Gasteiger partial charge in [0.1, 0.15) is 0 Å². The van der Waals surface area contributed by atoms with Gasteiger partial charge in [-0.3, -0.25) is 14.6 Å². The predicted molar refractivity (Wildman–Crippen MR) is 91.1 cm³/mol. The summed E-state index contributed by atoms with van der Waals surface area (Å²) < 4.78 is 0. The number of carbonyl (C=O) groups excluding carboxylic acids is 2. The number of amides is 1. The van der Waals surface area contributed by atoms with Gasteiger partial charge >= 0.3 is 0 Å². The molecule has 0 fully saturated rings. The topological polar surface area (TPSA) is 82.8 Å². The van der Waals surface area contributed by atoms with Crippen molar-refractivity contribution in [3.8, 4) is 17.3 Å². The van der Waals surface area contributed by atoms with Crippen LogP contribution in [-0.2, 0) is 4.79 Å². The van der Waals surface area contributed by atoms with Crippen LogP contribution in [0.4, 0.5) is 0 Å². The number of carbonyl (C=O) groups is 2. The van der Waals surface area contributed by atoms with Gasteiger partial charge in [-0.15, -0.1) is 0 Å². The standard InChI is InChI=1S/C19H19N3O2/c1-12(2)21-19(24)16(11-20)18(23)15-9-10-17(22-13(15)3)14-7-5-4-6-8-14/h4-10,12,16H,1-3H3,(H,21,24)/t16-/m0/s1. The molecule has 1 aromatic heterocycles. The largest absolute Gasteiger partial charge is 0.352 e. The fourth-order valence-electron chi connectivity index (χ4n) is 2.35. The first kappa shape index (κ1) is 17.4. The van der Waals surface area contributed by atoms with Gasteiger partial charge in [0.15, 0.2) is 11.7 Å². The summed E-state index contributed by atoms with van der Waals surface area (Å²) in [5.74, 6) is -2.47. The number of nitrogens with one attached hydrogen (secondary N) is 1. The first-order chi connectivity index (χ1) is 11.4. The van der Waals surface area contributed by atoms with Crippen molar-refractivity contribution in [2.45, 2.75) is 26.8 Å². The van der Waals surface area contributed by atoms with Crippen molar-refractivity contribution in [3.63, 3.8) is 0 Å². The van der Waals surface area contributed by atoms with Crippen LogP contribution < -0.4 is 5.32 Å². The number of nitrogens with zero attached hydrogens (tertiary/aromatic N) is 2. The van der Waals surface area contributed by atoms with Crippen molar-refractivity contribution in [2.75, 3.05) is 0 Å². The zero-order valence-corrected chi connectivity index (χ0v) is 13.9. The SMILES string of the molecule is Cc1nc(-c2ccccc2)ccc1C(=O)[C@H](C#N)C(=O)NC(C)C. The van der Waals surface area contributed by atoms with Crippen molar-refractivity contribution in [1.82, 2.24) is 10.3 Å². The molecule has 0 radical (unpaired) electrons. The van der Waals surface area contributed by atoms with Crippen LogP contribution in [0, 0.1) is 24.2 Å². The summed E-state index contributed by atoms with van der Waals surface area (Å²) in [6, 6.07) is 14.6. The molecular formula is C19H19N3O2. The highest BCUT2D eigenvalue weighted by Crippen LogP contribution is 2.20. The molecule has 0 spiro atoms. The monoisotopic (exact) mass is 321 g/mol. The Morgan fingerprint density at radius 3 is 2.33 bits per heavy atom. The Kier molecular flexibility index (Phi) is 5.43. The van der Waals surface area contributed by atoms with Crippen LogP contribution in [0.3, 0.4) is 0 Å². The van der Waals surface area contributed by atoms with Crippen molar-refractivity contribution < 1.29 is 9.59 Å². The van der Waals surface area contributed by atoms with E-state index in [1.54, 1.807) is 39.0 Å². The van der Waals surface area contributed by atoms with E-state index in [4.69, 9.17) is 0 Å². The van der Waals surface area contributed by atoms with E-state index in [1.165, 1.54) is 0 Å². The Bertz CT molecular complexity index is 792. The van der Waals surface area contributed by atoms with Gasteiger partial charge in [0.2, 0.25) is 5.91 Å². The number of aromatic nitrogens is 1. The number of benzene rings is 1. The molecule has 0 aliphatic carbocycles. The van der Waals surface area contributed by atoms with E-state index < -0.39 is 17.6 Å². The van der Waals surface area contributed by atoms with Crippen molar-refractivity contribution in [2.24, 2.45) is 5.92 Å². The third kappa shape index (κ3) is 3.85. The zero-order valence-electron chi connectivity index (χ0n) is 13.9. The third-order valence-corrected chi connectivity index (χ3v) is 3.51. The maximum atomic E-state index is 12.5. The highest BCUT2D eigenvalue weighted by molar-refractivity contribution is 6.12. The zero-order chi connectivity index (χ0) is 17.7. The lowest BCUT2D eigenvalue weighted by Crippen LogP contribution is -2.38. The molecule has 1 amide bonds. The normalized spacial score (nSPS) is 11.6. The molecule has 0 bridgehead atoms. The number of pyridine rings is 1. The van der Waals surface area contributed by atoms with Gasteiger partial charge in [-0.1, -0.05) is 30.3 Å². The molecule has 0 unspecified atom stereocenters. The average Bonchev–Trinajstić information content (AvgIpc) is 2.55. The van der Waals surface area contributed by atoms with E-state index in [0.717, 1.165) is 11.3 Å². The number of aryl methyl sites for hydroxylation is 1. The van der Waals surface area contributed by atoms with Crippen LogP contribution >= 0.6 is 0 Å². The fourth-order valence-corrected chi connectivity index (χ4v) is 2.35. The van der Waals surface area contributed by atoms with E-state index in [9.17, 15) is 14.9 Å². The number of nitriles is 1. The predicted octanol–water partition coefficient (Wildman–Crippen LogP) is 2.90. The summed E-state index contributed by atoms with van der Waals surface area (Å²) in [6.07, 6.45) is 0. The van der Waals surface area contributed by atoms with Gasteiger partial charge in [0, 0.05) is 22.9 Å². The van der Waals surface area contributed by atoms with Crippen LogP contribution in [0.2, 0.25) is 0 Å². The lowest BCUT2D eigenvalue weighted by atomic mass is 9.96. The smallest absolute Gasteiger partial charge is 0.245 e. The summed E-state index contributed by atoms with van der Waals surface area (Å²) in [6.45, 7) is 5.25. The molecule has 2 rings (SSSR count). The van der Waals surface area contributed by atoms with Crippen LogP contribution in [0.25, 0.3) is 11.3 Å². The van der Waals surface area contributed by atoms with Gasteiger partial charge in [-0.25, -0.2) is 0 Å². The maximum absolute atomic E-state index is 12.5. The van der Waals surface area contributed by atoms with Crippen LogP contribution in [0.5, 0.6) is 0 Å². The highest BCUT2D eigenvalue weighted by atomic mass is 16.2. The Hall–Kier alpha value is -3.00. The van der Waals surface area contributed by atoms with Gasteiger partial charge in [-0.05, 0) is 32.9 Å². The maximum Gasteiger partial charge on any atom is 0.245 e. The third-order valence-electron chi connectivity index (χ3n) is 3.51. The molecule has 0 saturated heterocycles. The van der Waals surface area contributed by atoms with E-state index >= 15 is 0 Å². The molecule has 0 aliphatic rings. The Balaban J connectivity index is 2.30. The first-order valence-corrected chi connectivity index (χ1v) is 7.71. The number of rotatable bonds is 5. The van der Waals surface area contributed by atoms with Crippen molar-refractivity contribution >= 4 is 11.7 Å². The number of hydrogen-bond acceptors (Lipinski definition) is 4. The van der Waals surface area contributed by atoms with Gasteiger partial charge in [0.05, 0.1) is 11.8 Å². The highest BCUT2D eigenvalue weighted by Gasteiger charge is 2.29. The number of Topliss-reactive ketones (excluding diaryl/α,β-unsaturated/α-hetero) is 1. The summed E-state index contributed by atoms with van der Waals surface area (Å²) >= 11 is 0. The Morgan fingerprint density at radius 2 is 1.79 bits per heavy atom. The molecule has 122 valence electrons. The molecule has 1 heterocycles. The van der Waals surface area contributed by atoms with Crippen LogP contribution in [0.15, 0.2) is 42.5 Å². The van der Waals surface area contributed by atoms with Gasteiger partial charge in [0.25, 0.3) is 0 Å². The molecule has 24 heavy (non-hydrogen) atoms. The molecular weight excluding hydrogens is 302 g/mol. The lowest BCUT2D eigenvalue weighted by molar-refractivity contribution is -0.122. The minimum atomic E-state index is -1.37. The molecule has 1 N–H and O–H groups in total. The van der Waals surface area contributed by atoms with E-state index in [-0.39, 0.29) is 6.04 Å². The quantitative estimate of drug-likeness (QED) is 0.678. The van der Waals surface area contributed by atoms with Crippen molar-refractivity contribution in [3.05, 3.63) is 53.7 Å². The molecule has 0 saturated carbocycles. The number of ketones is 1. The van der Waals surface area contributed by atoms with Gasteiger partial charge < -0.3 is 5.32 Å². The molecule has 1 aromatic carbocycles. The summed E-state index contributed by atoms with van der Waals surface area (Å²) in [5.41, 5.74) is 2.47. The average molecular weight is 321 g/mol. The molecule has 0 aliphatic heterocycles. The van der Waals surface area contributed by atoms with Crippen LogP contribution in [0.1, 0.15) is 29.9 Å². The molecule has 5 nitrogen and oxygen atoms in total.